The second-order valence-electron chi connectivity index (χ2n) is 7.30. The van der Waals surface area contributed by atoms with Crippen LogP contribution < -0.4 is 14.0 Å². The molecule has 3 aromatic carbocycles. The predicted molar refractivity (Wildman–Crippen MR) is 124 cm³/mol. The van der Waals surface area contributed by atoms with Crippen molar-refractivity contribution < 1.29 is 37.9 Å². The number of ether oxygens (including phenoxy) is 3. The van der Waals surface area contributed by atoms with Crippen molar-refractivity contribution in [3.05, 3.63) is 78.7 Å². The number of esters is 1. The van der Waals surface area contributed by atoms with Crippen LogP contribution in [0.15, 0.2) is 36.4 Å². The number of hydrogen-bond acceptors (Lipinski definition) is 6. The average Bonchev–Trinajstić information content (AvgIpc) is 3.06. The van der Waals surface area contributed by atoms with Gasteiger partial charge in [-0.05, 0) is 24.3 Å². The Bertz CT molecular complexity index is 1450. The van der Waals surface area contributed by atoms with Gasteiger partial charge < -0.3 is 18.7 Å². The topological polar surface area (TPSA) is 112 Å². The maximum atomic E-state index is 13.1. The number of carbonyl (C=O) groups is 1. The van der Waals surface area contributed by atoms with Crippen molar-refractivity contribution >= 4 is 60.2 Å². The number of methoxy groups -OCH3 is 1. The number of rotatable bonds is 3. The fourth-order valence-electron chi connectivity index (χ4n) is 4.12. The first kappa shape index (κ1) is 23.6. The van der Waals surface area contributed by atoms with E-state index in [1.807, 2.05) is 0 Å². The van der Waals surface area contributed by atoms with Crippen LogP contribution >= 0.6 is 54.2 Å². The second kappa shape index (κ2) is 7.93. The lowest BCUT2D eigenvalue weighted by Gasteiger charge is -2.37. The number of carbonyl (C=O) groups excluding carboxylic acids is 1. The van der Waals surface area contributed by atoms with E-state index < -0.39 is 19.4 Å². The number of fused-ring (bicyclic) bond motifs is 6. The summed E-state index contributed by atoms with van der Waals surface area (Å²) in [6.07, 6.45) is 0. The fraction of sp³-hybridized carbons (Fsp3) is 0.0952. The molecule has 0 saturated heterocycles. The molecule has 5 rings (SSSR count). The number of phosphoric ester groups is 1. The zero-order chi connectivity index (χ0) is 24.6. The highest BCUT2D eigenvalue weighted by Crippen LogP contribution is 2.61. The minimum Gasteiger partial charge on any atom is -0.495 e. The van der Waals surface area contributed by atoms with Crippen LogP contribution in [0.4, 0.5) is 0 Å². The molecule has 0 saturated carbocycles. The third-order valence-electron chi connectivity index (χ3n) is 5.39. The lowest BCUT2D eigenvalue weighted by atomic mass is 9.77. The molecule has 1 atom stereocenters. The van der Waals surface area contributed by atoms with Crippen LogP contribution in [0.25, 0.3) is 0 Å². The molecule has 2 N–H and O–H groups in total. The van der Waals surface area contributed by atoms with Gasteiger partial charge in [-0.2, -0.15) is 0 Å². The minimum absolute atomic E-state index is 0.0291. The fourth-order valence-corrected chi connectivity index (χ4v) is 5.55. The van der Waals surface area contributed by atoms with E-state index in [-0.39, 0.29) is 59.8 Å². The summed E-state index contributed by atoms with van der Waals surface area (Å²) in [6.45, 7) is 0. The highest BCUT2D eigenvalue weighted by Gasteiger charge is 2.56. The van der Waals surface area contributed by atoms with E-state index in [0.29, 0.717) is 5.56 Å². The Morgan fingerprint density at radius 1 is 0.882 bits per heavy atom. The van der Waals surface area contributed by atoms with Gasteiger partial charge in [-0.1, -0.05) is 46.4 Å². The zero-order valence-corrected chi connectivity index (χ0v) is 20.7. The summed E-state index contributed by atoms with van der Waals surface area (Å²) in [6, 6.07) is 8.45. The Hall–Kier alpha value is -2.16. The van der Waals surface area contributed by atoms with Crippen LogP contribution in [0, 0.1) is 0 Å². The Labute approximate surface area is 212 Å². The maximum absolute atomic E-state index is 13.1. The molecule has 0 fully saturated rings. The summed E-state index contributed by atoms with van der Waals surface area (Å²) < 4.78 is 33.3. The van der Waals surface area contributed by atoms with Crippen LogP contribution in [0.3, 0.4) is 0 Å². The van der Waals surface area contributed by atoms with Gasteiger partial charge in [0, 0.05) is 33.8 Å². The molecule has 2 heterocycles. The second-order valence-corrected chi connectivity index (χ2v) is 10.1. The van der Waals surface area contributed by atoms with E-state index in [1.165, 1.54) is 43.5 Å². The lowest BCUT2D eigenvalue weighted by Crippen LogP contribution is -2.33. The molecule has 0 bridgehead atoms. The third kappa shape index (κ3) is 3.45. The summed E-state index contributed by atoms with van der Waals surface area (Å²) in [5.41, 5.74) is -0.898. The van der Waals surface area contributed by atoms with E-state index in [0.717, 1.165) is 0 Å². The summed E-state index contributed by atoms with van der Waals surface area (Å²) in [5.74, 6) is -0.632. The van der Waals surface area contributed by atoms with Crippen LogP contribution in [-0.2, 0) is 14.9 Å². The van der Waals surface area contributed by atoms with E-state index in [9.17, 15) is 19.1 Å². The van der Waals surface area contributed by atoms with Gasteiger partial charge in [0.05, 0.1) is 27.7 Å². The molecule has 8 nitrogen and oxygen atoms in total. The highest BCUT2D eigenvalue weighted by molar-refractivity contribution is 7.46. The zero-order valence-electron chi connectivity index (χ0n) is 16.8. The van der Waals surface area contributed by atoms with E-state index in [2.05, 4.69) is 4.52 Å². The molecule has 2 aliphatic rings. The van der Waals surface area contributed by atoms with Crippen molar-refractivity contribution in [3.8, 4) is 23.0 Å². The molecule has 0 amide bonds. The third-order valence-corrected chi connectivity index (χ3v) is 7.04. The Kier molecular flexibility index (Phi) is 5.50. The van der Waals surface area contributed by atoms with Crippen molar-refractivity contribution in [2.45, 2.75) is 5.60 Å². The van der Waals surface area contributed by atoms with Gasteiger partial charge in [-0.25, -0.2) is 9.36 Å². The van der Waals surface area contributed by atoms with Crippen LogP contribution in [-0.4, -0.2) is 22.9 Å². The van der Waals surface area contributed by atoms with Gasteiger partial charge in [0.25, 0.3) is 0 Å². The lowest BCUT2D eigenvalue weighted by molar-refractivity contribution is 0.0224. The average molecular weight is 564 g/mol. The minimum atomic E-state index is -4.95. The summed E-state index contributed by atoms with van der Waals surface area (Å²) in [4.78, 5) is 31.6. The first-order valence-corrected chi connectivity index (χ1v) is 12.4. The van der Waals surface area contributed by atoms with E-state index in [1.54, 1.807) is 0 Å². The van der Waals surface area contributed by atoms with Crippen LogP contribution in [0.1, 0.15) is 27.0 Å². The van der Waals surface area contributed by atoms with Gasteiger partial charge in [-0.3, -0.25) is 9.79 Å². The normalized spacial score (nSPS) is 18.0. The van der Waals surface area contributed by atoms with Gasteiger partial charge in [0.1, 0.15) is 17.2 Å². The van der Waals surface area contributed by atoms with Gasteiger partial charge in [0.15, 0.2) is 11.4 Å². The highest BCUT2D eigenvalue weighted by atomic mass is 35.5. The standard InChI is InChI=1S/C21H11Cl4O8P/c1-30-16-6-14-8(4-12(16)24)21(19-11(23)3-2-10(22)18(19)20(26)32-21)9-5-13(25)17(7-15(9)31-14)33-34(27,28)29/h2-7H,1H3,(H2,27,28,29). The smallest absolute Gasteiger partial charge is 0.495 e. The molecule has 1 spiro atoms. The number of hydrogen-bond donors (Lipinski definition) is 2. The quantitative estimate of drug-likeness (QED) is 0.280. The van der Waals surface area contributed by atoms with Gasteiger partial charge >= 0.3 is 13.8 Å². The van der Waals surface area contributed by atoms with Crippen LogP contribution in [0.5, 0.6) is 23.0 Å². The van der Waals surface area contributed by atoms with Crippen molar-refractivity contribution in [1.29, 1.82) is 0 Å². The van der Waals surface area contributed by atoms with Gasteiger partial charge in [-0.15, -0.1) is 0 Å². The molecule has 0 radical (unpaired) electrons. The molecule has 3 aromatic rings. The molecule has 2 aliphatic heterocycles. The largest absolute Gasteiger partial charge is 0.524 e. The van der Waals surface area contributed by atoms with Crippen molar-refractivity contribution in [2.75, 3.05) is 7.11 Å². The Balaban J connectivity index is 1.89. The van der Waals surface area contributed by atoms with E-state index >= 15 is 0 Å². The SMILES string of the molecule is COc1cc2c(cc1Cl)C1(OC(=O)c3c(Cl)ccc(Cl)c31)c1cc(Cl)c(OP(=O)(O)O)cc1O2. The number of phosphoric acid groups is 1. The van der Waals surface area contributed by atoms with Crippen molar-refractivity contribution in [1.82, 2.24) is 0 Å². The summed E-state index contributed by atoms with van der Waals surface area (Å²) in [7, 11) is -3.54. The molecule has 0 aliphatic carbocycles. The Morgan fingerprint density at radius 3 is 2.03 bits per heavy atom. The van der Waals surface area contributed by atoms with Gasteiger partial charge in [0.2, 0.25) is 0 Å². The number of halogens is 4. The molecule has 176 valence electrons. The predicted octanol–water partition coefficient (Wildman–Crippen LogP) is 6.35. The first-order chi connectivity index (χ1) is 16.0. The molecule has 13 heteroatoms. The number of benzene rings is 3. The molecule has 0 aromatic heterocycles. The monoisotopic (exact) mass is 562 g/mol. The van der Waals surface area contributed by atoms with Crippen molar-refractivity contribution in [2.24, 2.45) is 0 Å². The summed E-state index contributed by atoms with van der Waals surface area (Å²) >= 11 is 25.6. The van der Waals surface area contributed by atoms with Crippen molar-refractivity contribution in [3.63, 3.8) is 0 Å². The molecule has 1 unspecified atom stereocenters. The first-order valence-electron chi connectivity index (χ1n) is 9.33. The molecular formula is C21H11Cl4O8P. The summed E-state index contributed by atoms with van der Waals surface area (Å²) in [5, 5.41) is 0.296. The molecular weight excluding hydrogens is 553 g/mol. The van der Waals surface area contributed by atoms with Crippen LogP contribution in [0.2, 0.25) is 20.1 Å². The Morgan fingerprint density at radius 2 is 1.44 bits per heavy atom. The van der Waals surface area contributed by atoms with E-state index in [4.69, 9.17) is 60.6 Å². The molecule has 34 heavy (non-hydrogen) atoms. The maximum Gasteiger partial charge on any atom is 0.524 e.